The minimum atomic E-state index is 0.513. The lowest BCUT2D eigenvalue weighted by atomic mass is 9.96. The molecule has 1 fully saturated rings. The Balaban J connectivity index is 1.64. The number of nitrogens with one attached hydrogen (secondary N) is 2. The first-order chi connectivity index (χ1) is 10.8. The molecule has 22 heavy (non-hydrogen) atoms. The standard InChI is InChI=1S/C17H23N5/c1-13-11-16(19-12-15-9-5-6-10-18-15)22-17(20-13)21-14-7-3-2-4-8-14/h5-6,9-11,14H,2-4,7-8,12H2,1H3,(H2,19,20,21,22). The summed E-state index contributed by atoms with van der Waals surface area (Å²) < 4.78 is 0. The summed E-state index contributed by atoms with van der Waals surface area (Å²) in [4.78, 5) is 13.4. The van der Waals surface area contributed by atoms with Gasteiger partial charge in [0, 0.05) is 24.0 Å². The molecule has 116 valence electrons. The molecule has 1 saturated carbocycles. The van der Waals surface area contributed by atoms with Gasteiger partial charge in [0.15, 0.2) is 0 Å². The van der Waals surface area contributed by atoms with E-state index in [1.165, 1.54) is 32.1 Å². The number of aryl methyl sites for hydroxylation is 1. The number of anilines is 2. The summed E-state index contributed by atoms with van der Waals surface area (Å²) in [6.45, 7) is 2.67. The summed E-state index contributed by atoms with van der Waals surface area (Å²) in [6.07, 6.45) is 8.19. The van der Waals surface area contributed by atoms with Crippen LogP contribution in [0, 0.1) is 6.92 Å². The van der Waals surface area contributed by atoms with E-state index in [2.05, 4.69) is 25.6 Å². The molecule has 2 N–H and O–H groups in total. The van der Waals surface area contributed by atoms with Crippen LogP contribution in [0.25, 0.3) is 0 Å². The third-order valence-electron chi connectivity index (χ3n) is 3.97. The van der Waals surface area contributed by atoms with Gasteiger partial charge in [-0.1, -0.05) is 25.3 Å². The smallest absolute Gasteiger partial charge is 0.225 e. The SMILES string of the molecule is Cc1cc(NCc2ccccn2)nc(NC2CCCCC2)n1. The molecule has 1 aliphatic carbocycles. The van der Waals surface area contributed by atoms with Gasteiger partial charge in [0.1, 0.15) is 5.82 Å². The number of hydrogen-bond acceptors (Lipinski definition) is 5. The molecular formula is C17H23N5. The van der Waals surface area contributed by atoms with E-state index in [0.29, 0.717) is 12.6 Å². The van der Waals surface area contributed by atoms with Gasteiger partial charge in [-0.25, -0.2) is 4.98 Å². The first-order valence-electron chi connectivity index (χ1n) is 8.05. The van der Waals surface area contributed by atoms with E-state index in [-0.39, 0.29) is 0 Å². The summed E-state index contributed by atoms with van der Waals surface area (Å²) in [6, 6.07) is 8.40. The van der Waals surface area contributed by atoms with E-state index in [4.69, 9.17) is 0 Å². The molecule has 0 aliphatic heterocycles. The van der Waals surface area contributed by atoms with Crippen LogP contribution in [0.5, 0.6) is 0 Å². The van der Waals surface area contributed by atoms with Crippen molar-refractivity contribution in [2.75, 3.05) is 10.6 Å². The predicted molar refractivity (Wildman–Crippen MR) is 88.8 cm³/mol. The molecule has 3 rings (SSSR count). The number of hydrogen-bond donors (Lipinski definition) is 2. The maximum absolute atomic E-state index is 4.58. The normalized spacial score (nSPS) is 15.5. The highest BCUT2D eigenvalue weighted by Gasteiger charge is 2.14. The van der Waals surface area contributed by atoms with Crippen LogP contribution in [0.4, 0.5) is 11.8 Å². The van der Waals surface area contributed by atoms with Crippen LogP contribution < -0.4 is 10.6 Å². The highest BCUT2D eigenvalue weighted by atomic mass is 15.2. The van der Waals surface area contributed by atoms with Crippen LogP contribution in [-0.2, 0) is 6.54 Å². The molecule has 2 aromatic rings. The van der Waals surface area contributed by atoms with E-state index in [9.17, 15) is 0 Å². The fourth-order valence-electron chi connectivity index (χ4n) is 2.84. The molecule has 5 nitrogen and oxygen atoms in total. The molecule has 2 aromatic heterocycles. The number of nitrogens with zero attached hydrogens (tertiary/aromatic N) is 3. The van der Waals surface area contributed by atoms with E-state index in [1.54, 1.807) is 6.20 Å². The Morgan fingerprint density at radius 3 is 2.77 bits per heavy atom. The molecule has 0 amide bonds. The number of pyridine rings is 1. The summed E-state index contributed by atoms with van der Waals surface area (Å²) in [5.41, 5.74) is 1.97. The van der Waals surface area contributed by atoms with Crippen molar-refractivity contribution >= 4 is 11.8 Å². The van der Waals surface area contributed by atoms with Crippen molar-refractivity contribution in [1.29, 1.82) is 0 Å². The molecule has 2 heterocycles. The van der Waals surface area contributed by atoms with Crippen LogP contribution in [0.1, 0.15) is 43.5 Å². The van der Waals surface area contributed by atoms with E-state index >= 15 is 0 Å². The van der Waals surface area contributed by atoms with Crippen LogP contribution in [0.2, 0.25) is 0 Å². The van der Waals surface area contributed by atoms with Gasteiger partial charge in [-0.15, -0.1) is 0 Å². The molecule has 0 bridgehead atoms. The second kappa shape index (κ2) is 7.20. The van der Waals surface area contributed by atoms with Gasteiger partial charge >= 0.3 is 0 Å². The molecule has 0 saturated heterocycles. The average Bonchev–Trinajstić information content (AvgIpc) is 2.54. The zero-order chi connectivity index (χ0) is 15.2. The van der Waals surface area contributed by atoms with E-state index < -0.39 is 0 Å². The topological polar surface area (TPSA) is 62.7 Å². The second-order valence-corrected chi connectivity index (χ2v) is 5.87. The van der Waals surface area contributed by atoms with Crippen molar-refractivity contribution in [2.24, 2.45) is 0 Å². The van der Waals surface area contributed by atoms with Gasteiger partial charge in [0.05, 0.1) is 12.2 Å². The zero-order valence-electron chi connectivity index (χ0n) is 13.0. The lowest BCUT2D eigenvalue weighted by Crippen LogP contribution is -2.23. The molecule has 1 aliphatic rings. The van der Waals surface area contributed by atoms with Crippen molar-refractivity contribution in [1.82, 2.24) is 15.0 Å². The van der Waals surface area contributed by atoms with Crippen molar-refractivity contribution in [3.63, 3.8) is 0 Å². The van der Waals surface area contributed by atoms with Gasteiger partial charge < -0.3 is 10.6 Å². The maximum atomic E-state index is 4.58. The Morgan fingerprint density at radius 2 is 2.00 bits per heavy atom. The first-order valence-corrected chi connectivity index (χ1v) is 8.05. The molecule has 0 unspecified atom stereocenters. The molecule has 0 aromatic carbocycles. The maximum Gasteiger partial charge on any atom is 0.225 e. The Kier molecular flexibility index (Phi) is 4.83. The van der Waals surface area contributed by atoms with Crippen molar-refractivity contribution in [3.05, 3.63) is 41.9 Å². The summed E-state index contributed by atoms with van der Waals surface area (Å²) in [7, 11) is 0. The first kappa shape index (κ1) is 14.8. The van der Waals surface area contributed by atoms with Gasteiger partial charge in [-0.3, -0.25) is 4.98 Å². The van der Waals surface area contributed by atoms with E-state index in [1.807, 2.05) is 31.2 Å². The minimum absolute atomic E-state index is 0.513. The predicted octanol–water partition coefficient (Wildman–Crippen LogP) is 3.54. The van der Waals surface area contributed by atoms with E-state index in [0.717, 1.165) is 23.2 Å². The third-order valence-corrected chi connectivity index (χ3v) is 3.97. The summed E-state index contributed by atoms with van der Waals surface area (Å²) in [5, 5.41) is 6.81. The highest BCUT2D eigenvalue weighted by molar-refractivity contribution is 5.42. The van der Waals surface area contributed by atoms with Crippen LogP contribution in [0.3, 0.4) is 0 Å². The fraction of sp³-hybridized carbons (Fsp3) is 0.471. The largest absolute Gasteiger partial charge is 0.364 e. The molecule has 0 atom stereocenters. The molecule has 0 spiro atoms. The van der Waals surface area contributed by atoms with Crippen molar-refractivity contribution < 1.29 is 0 Å². The lowest BCUT2D eigenvalue weighted by molar-refractivity contribution is 0.461. The second-order valence-electron chi connectivity index (χ2n) is 5.87. The number of rotatable bonds is 5. The van der Waals surface area contributed by atoms with Gasteiger partial charge in [-0.05, 0) is 31.9 Å². The third kappa shape index (κ3) is 4.16. The Labute approximate surface area is 131 Å². The summed E-state index contributed by atoms with van der Waals surface area (Å²) >= 11 is 0. The fourth-order valence-corrected chi connectivity index (χ4v) is 2.84. The highest BCUT2D eigenvalue weighted by Crippen LogP contribution is 2.21. The van der Waals surface area contributed by atoms with Crippen LogP contribution in [0.15, 0.2) is 30.5 Å². The Bertz CT molecular complexity index is 593. The lowest BCUT2D eigenvalue weighted by Gasteiger charge is -2.23. The minimum Gasteiger partial charge on any atom is -0.364 e. The molecular weight excluding hydrogens is 274 g/mol. The van der Waals surface area contributed by atoms with Crippen molar-refractivity contribution in [3.8, 4) is 0 Å². The molecule has 0 radical (unpaired) electrons. The molecule has 5 heteroatoms. The Hall–Kier alpha value is -2.17. The van der Waals surface area contributed by atoms with Gasteiger partial charge in [0.2, 0.25) is 5.95 Å². The zero-order valence-corrected chi connectivity index (χ0v) is 13.0. The van der Waals surface area contributed by atoms with Gasteiger partial charge in [-0.2, -0.15) is 4.98 Å². The average molecular weight is 297 g/mol. The quantitative estimate of drug-likeness (QED) is 0.884. The monoisotopic (exact) mass is 297 g/mol. The summed E-state index contributed by atoms with van der Waals surface area (Å²) in [5.74, 6) is 1.58. The number of aromatic nitrogens is 3. The van der Waals surface area contributed by atoms with Crippen LogP contribution in [-0.4, -0.2) is 21.0 Å². The van der Waals surface area contributed by atoms with Crippen LogP contribution >= 0.6 is 0 Å². The van der Waals surface area contributed by atoms with Crippen molar-refractivity contribution in [2.45, 2.75) is 51.6 Å². The Morgan fingerprint density at radius 1 is 1.14 bits per heavy atom. The van der Waals surface area contributed by atoms with Gasteiger partial charge in [0.25, 0.3) is 0 Å².